The van der Waals surface area contributed by atoms with Crippen LogP contribution in [0.25, 0.3) is 0 Å². The number of alkyl halides is 2. The molecule has 0 unspecified atom stereocenters. The van der Waals surface area contributed by atoms with Gasteiger partial charge in [0.05, 0.1) is 16.9 Å². The van der Waals surface area contributed by atoms with E-state index in [-0.39, 0.29) is 47.5 Å². The molecular formula is C24H24F2N4O4S. The fraction of sp³-hybridized carbons (Fsp3) is 0.375. The molecule has 8 nitrogen and oxygen atoms in total. The molecular weight excluding hydrogens is 478 g/mol. The minimum absolute atomic E-state index is 0.0350. The van der Waals surface area contributed by atoms with Gasteiger partial charge in [-0.2, -0.15) is 9.57 Å². The number of nitriles is 1. The maximum Gasteiger partial charge on any atom is 0.263 e. The standard InChI is InChI=1S/C24H24F2N4O4S/c25-22(26)18-8-6-16(7-9-18)13-28-23(31)21-5-2-10-30(21)24(32)19-3-1-4-20(11-19)35(33,34)29-14-17(12-27)15-29/h1,3-4,6-9,11,17,21-22H,2,5,10,13-15H2,(H,28,31)/t21-/m1/s1. The van der Waals surface area contributed by atoms with Gasteiger partial charge >= 0.3 is 0 Å². The van der Waals surface area contributed by atoms with Crippen molar-refractivity contribution in [3.05, 3.63) is 65.2 Å². The number of hydrogen-bond donors (Lipinski definition) is 1. The van der Waals surface area contributed by atoms with E-state index in [4.69, 9.17) is 5.26 Å². The zero-order valence-electron chi connectivity index (χ0n) is 18.7. The summed E-state index contributed by atoms with van der Waals surface area (Å²) in [5.74, 6) is -1.14. The molecule has 1 N–H and O–H groups in total. The molecule has 1 atom stereocenters. The summed E-state index contributed by atoms with van der Waals surface area (Å²) in [7, 11) is -3.82. The zero-order chi connectivity index (χ0) is 25.2. The molecule has 35 heavy (non-hydrogen) atoms. The number of nitrogens with one attached hydrogen (secondary N) is 1. The van der Waals surface area contributed by atoms with Gasteiger partial charge in [-0.1, -0.05) is 30.3 Å². The van der Waals surface area contributed by atoms with Crippen molar-refractivity contribution in [1.29, 1.82) is 5.26 Å². The number of benzene rings is 2. The van der Waals surface area contributed by atoms with E-state index in [0.717, 1.165) is 0 Å². The van der Waals surface area contributed by atoms with E-state index in [1.165, 1.54) is 57.7 Å². The Bertz CT molecular complexity index is 1260. The van der Waals surface area contributed by atoms with Crippen LogP contribution in [0.15, 0.2) is 53.4 Å². The van der Waals surface area contributed by atoms with Crippen molar-refractivity contribution >= 4 is 21.8 Å². The summed E-state index contributed by atoms with van der Waals surface area (Å²) in [5, 5.41) is 11.7. The van der Waals surface area contributed by atoms with Gasteiger partial charge in [-0.3, -0.25) is 9.59 Å². The van der Waals surface area contributed by atoms with Gasteiger partial charge in [0.15, 0.2) is 0 Å². The summed E-state index contributed by atoms with van der Waals surface area (Å²) in [6.07, 6.45) is -1.48. The van der Waals surface area contributed by atoms with Crippen LogP contribution in [-0.4, -0.2) is 55.1 Å². The lowest BCUT2D eigenvalue weighted by Crippen LogP contribution is -2.49. The van der Waals surface area contributed by atoms with Crippen molar-refractivity contribution in [1.82, 2.24) is 14.5 Å². The van der Waals surface area contributed by atoms with Gasteiger partial charge in [0.25, 0.3) is 12.3 Å². The third-order valence-electron chi connectivity index (χ3n) is 6.26. The minimum Gasteiger partial charge on any atom is -0.350 e. The van der Waals surface area contributed by atoms with Crippen LogP contribution in [0, 0.1) is 17.2 Å². The number of hydrogen-bond acceptors (Lipinski definition) is 5. The maximum absolute atomic E-state index is 13.2. The van der Waals surface area contributed by atoms with Crippen LogP contribution in [0.2, 0.25) is 0 Å². The molecule has 0 saturated carbocycles. The Morgan fingerprint density at radius 2 is 1.86 bits per heavy atom. The van der Waals surface area contributed by atoms with E-state index < -0.39 is 28.4 Å². The first-order valence-corrected chi connectivity index (χ1v) is 12.6. The first kappa shape index (κ1) is 24.8. The van der Waals surface area contributed by atoms with Crippen molar-refractivity contribution in [2.24, 2.45) is 5.92 Å². The molecule has 2 aliphatic heterocycles. The Morgan fingerprint density at radius 1 is 1.14 bits per heavy atom. The Morgan fingerprint density at radius 3 is 2.51 bits per heavy atom. The Hall–Kier alpha value is -3.36. The van der Waals surface area contributed by atoms with Crippen LogP contribution in [0.3, 0.4) is 0 Å². The number of likely N-dealkylation sites (tertiary alicyclic amines) is 1. The topological polar surface area (TPSA) is 111 Å². The quantitative estimate of drug-likeness (QED) is 0.626. The van der Waals surface area contributed by atoms with E-state index in [0.29, 0.717) is 24.9 Å². The Kier molecular flexibility index (Phi) is 7.14. The summed E-state index contributed by atoms with van der Waals surface area (Å²) in [5.41, 5.74) is 0.711. The molecule has 2 fully saturated rings. The summed E-state index contributed by atoms with van der Waals surface area (Å²) in [4.78, 5) is 27.4. The van der Waals surface area contributed by atoms with E-state index in [1.807, 2.05) is 6.07 Å². The van der Waals surface area contributed by atoms with Gasteiger partial charge in [-0.25, -0.2) is 17.2 Å². The second-order valence-electron chi connectivity index (χ2n) is 8.59. The summed E-state index contributed by atoms with van der Waals surface area (Å²) >= 11 is 0. The monoisotopic (exact) mass is 502 g/mol. The first-order valence-electron chi connectivity index (χ1n) is 11.2. The van der Waals surface area contributed by atoms with Gasteiger partial charge < -0.3 is 10.2 Å². The number of sulfonamides is 1. The molecule has 2 aromatic carbocycles. The SMILES string of the molecule is N#CC1CN(S(=O)(=O)c2cccc(C(=O)N3CCC[C@@H]3C(=O)NCc3ccc(C(F)F)cc3)c2)C1. The number of rotatable bonds is 7. The molecule has 2 aliphatic rings. The third kappa shape index (κ3) is 5.18. The minimum atomic E-state index is -3.82. The van der Waals surface area contributed by atoms with Crippen molar-refractivity contribution in [3.8, 4) is 6.07 Å². The molecule has 2 heterocycles. The molecule has 11 heteroatoms. The summed E-state index contributed by atoms with van der Waals surface area (Å²) < 4.78 is 52.2. The highest BCUT2D eigenvalue weighted by Gasteiger charge is 2.38. The molecule has 2 saturated heterocycles. The third-order valence-corrected chi connectivity index (χ3v) is 8.09. The van der Waals surface area contributed by atoms with E-state index >= 15 is 0 Å². The molecule has 0 aliphatic carbocycles. The second kappa shape index (κ2) is 10.1. The number of carbonyl (C=O) groups is 2. The lowest BCUT2D eigenvalue weighted by atomic mass is 10.1. The average molecular weight is 503 g/mol. The van der Waals surface area contributed by atoms with Crippen molar-refractivity contribution < 1.29 is 26.8 Å². The van der Waals surface area contributed by atoms with E-state index in [2.05, 4.69) is 5.32 Å². The van der Waals surface area contributed by atoms with Gasteiger partial charge in [0.1, 0.15) is 6.04 Å². The van der Waals surface area contributed by atoms with E-state index in [9.17, 15) is 26.8 Å². The molecule has 4 rings (SSSR count). The van der Waals surface area contributed by atoms with Gasteiger partial charge in [0.2, 0.25) is 15.9 Å². The van der Waals surface area contributed by atoms with Crippen LogP contribution < -0.4 is 5.32 Å². The zero-order valence-corrected chi connectivity index (χ0v) is 19.5. The largest absolute Gasteiger partial charge is 0.350 e. The molecule has 0 radical (unpaired) electrons. The highest BCUT2D eigenvalue weighted by atomic mass is 32.2. The number of carbonyl (C=O) groups excluding carboxylic acids is 2. The number of nitrogens with zero attached hydrogens (tertiary/aromatic N) is 3. The highest BCUT2D eigenvalue weighted by Crippen LogP contribution is 2.27. The first-order chi connectivity index (χ1) is 16.7. The molecule has 2 amide bonds. The predicted octanol–water partition coefficient (Wildman–Crippen LogP) is 2.69. The lowest BCUT2D eigenvalue weighted by molar-refractivity contribution is -0.125. The molecule has 184 valence electrons. The maximum atomic E-state index is 13.2. The summed E-state index contributed by atoms with van der Waals surface area (Å²) in [6.45, 7) is 0.730. The van der Waals surface area contributed by atoms with Crippen LogP contribution in [0.4, 0.5) is 8.78 Å². The normalized spacial score (nSPS) is 18.8. The number of halogens is 2. The van der Waals surface area contributed by atoms with Gasteiger partial charge in [0, 0.05) is 37.3 Å². The molecule has 2 aromatic rings. The summed E-state index contributed by atoms with van der Waals surface area (Å²) in [6, 6.07) is 12.7. The van der Waals surface area contributed by atoms with Crippen molar-refractivity contribution in [2.75, 3.05) is 19.6 Å². The van der Waals surface area contributed by atoms with E-state index in [1.54, 1.807) is 0 Å². The van der Waals surface area contributed by atoms with Crippen molar-refractivity contribution in [3.63, 3.8) is 0 Å². The van der Waals surface area contributed by atoms with Crippen molar-refractivity contribution in [2.45, 2.75) is 36.7 Å². The second-order valence-corrected chi connectivity index (χ2v) is 10.5. The van der Waals surface area contributed by atoms with Gasteiger partial charge in [-0.05, 0) is 36.6 Å². The smallest absolute Gasteiger partial charge is 0.263 e. The lowest BCUT2D eigenvalue weighted by Gasteiger charge is -2.34. The fourth-order valence-electron chi connectivity index (χ4n) is 4.19. The predicted molar refractivity (Wildman–Crippen MR) is 122 cm³/mol. The van der Waals surface area contributed by atoms with Crippen LogP contribution in [0.5, 0.6) is 0 Å². The van der Waals surface area contributed by atoms with Crippen LogP contribution >= 0.6 is 0 Å². The average Bonchev–Trinajstić information content (AvgIpc) is 3.31. The van der Waals surface area contributed by atoms with Gasteiger partial charge in [-0.15, -0.1) is 0 Å². The Balaban J connectivity index is 1.42. The van der Waals surface area contributed by atoms with Crippen LogP contribution in [0.1, 0.15) is 40.8 Å². The highest BCUT2D eigenvalue weighted by molar-refractivity contribution is 7.89. The van der Waals surface area contributed by atoms with Crippen LogP contribution in [-0.2, 0) is 21.4 Å². The number of amides is 2. The fourth-order valence-corrected chi connectivity index (χ4v) is 5.77. The molecule has 0 bridgehead atoms. The molecule has 0 spiro atoms. The Labute approximate surface area is 202 Å². The molecule has 0 aromatic heterocycles.